The second-order valence-corrected chi connectivity index (χ2v) is 10.3. The summed E-state index contributed by atoms with van der Waals surface area (Å²) in [5.74, 6) is 0.591. The van der Waals surface area contributed by atoms with Crippen molar-refractivity contribution in [2.45, 2.75) is 52.4 Å². The first kappa shape index (κ1) is 26.2. The van der Waals surface area contributed by atoms with Crippen LogP contribution in [0.15, 0.2) is 45.3 Å². The standard InChI is InChI=1S/C24H30Br2N2O4/c1-6-15(2)16-7-9-20(18(25)11-16)31-13-22(29)27-28-23(30)14-32-21-10-8-17(12-19(21)26)24(3,4)5/h7-12,15H,6,13-14H2,1-5H3,(H,27,29)(H,28,30). The van der Waals surface area contributed by atoms with Crippen molar-refractivity contribution in [1.29, 1.82) is 0 Å². The van der Waals surface area contributed by atoms with Gasteiger partial charge in [-0.3, -0.25) is 20.4 Å². The van der Waals surface area contributed by atoms with Crippen molar-refractivity contribution in [3.8, 4) is 11.5 Å². The zero-order valence-electron chi connectivity index (χ0n) is 19.1. The second-order valence-electron chi connectivity index (χ2n) is 8.57. The van der Waals surface area contributed by atoms with Gasteiger partial charge in [0, 0.05) is 0 Å². The highest BCUT2D eigenvalue weighted by atomic mass is 79.9. The van der Waals surface area contributed by atoms with Crippen molar-refractivity contribution in [3.63, 3.8) is 0 Å². The van der Waals surface area contributed by atoms with E-state index in [9.17, 15) is 9.59 Å². The fourth-order valence-electron chi connectivity index (χ4n) is 2.76. The minimum absolute atomic E-state index is 0.0103. The Hall–Kier alpha value is -2.06. The molecule has 174 valence electrons. The third kappa shape index (κ3) is 7.81. The van der Waals surface area contributed by atoms with E-state index in [4.69, 9.17) is 9.47 Å². The Kier molecular flexibility index (Phi) is 9.58. The van der Waals surface area contributed by atoms with Gasteiger partial charge in [0.05, 0.1) is 8.95 Å². The lowest BCUT2D eigenvalue weighted by molar-refractivity contribution is -0.131. The predicted molar refractivity (Wildman–Crippen MR) is 133 cm³/mol. The fraction of sp³-hybridized carbons (Fsp3) is 0.417. The van der Waals surface area contributed by atoms with Crippen LogP contribution in [0.1, 0.15) is 58.1 Å². The Balaban J connectivity index is 1.77. The maximum atomic E-state index is 12.0. The Morgan fingerprint density at radius 3 is 1.84 bits per heavy atom. The van der Waals surface area contributed by atoms with Crippen LogP contribution < -0.4 is 20.3 Å². The lowest BCUT2D eigenvalue weighted by Crippen LogP contribution is -2.45. The van der Waals surface area contributed by atoms with Crippen molar-refractivity contribution >= 4 is 43.7 Å². The number of hydrazine groups is 1. The molecule has 0 radical (unpaired) electrons. The molecule has 0 heterocycles. The SMILES string of the molecule is CCC(C)c1ccc(OCC(=O)NNC(=O)COc2ccc(C(C)(C)C)cc2Br)c(Br)c1. The van der Waals surface area contributed by atoms with Gasteiger partial charge in [-0.15, -0.1) is 0 Å². The van der Waals surface area contributed by atoms with E-state index in [0.717, 1.165) is 20.9 Å². The summed E-state index contributed by atoms with van der Waals surface area (Å²) in [7, 11) is 0. The molecular weight excluding hydrogens is 540 g/mol. The van der Waals surface area contributed by atoms with E-state index in [1.165, 1.54) is 5.56 Å². The molecule has 0 aliphatic carbocycles. The van der Waals surface area contributed by atoms with Gasteiger partial charge in [0.1, 0.15) is 11.5 Å². The van der Waals surface area contributed by atoms with Crippen molar-refractivity contribution in [1.82, 2.24) is 10.9 Å². The summed E-state index contributed by atoms with van der Waals surface area (Å²) in [6.07, 6.45) is 1.04. The van der Waals surface area contributed by atoms with E-state index < -0.39 is 11.8 Å². The molecular formula is C24H30Br2N2O4. The summed E-state index contributed by atoms with van der Waals surface area (Å²) in [6, 6.07) is 11.6. The average Bonchev–Trinajstić information content (AvgIpc) is 2.74. The Bertz CT molecular complexity index is 958. The highest BCUT2D eigenvalue weighted by molar-refractivity contribution is 9.10. The third-order valence-corrected chi connectivity index (χ3v) is 6.23. The largest absolute Gasteiger partial charge is 0.483 e. The smallest absolute Gasteiger partial charge is 0.276 e. The average molecular weight is 570 g/mol. The molecule has 6 nitrogen and oxygen atoms in total. The summed E-state index contributed by atoms with van der Waals surface area (Å²) in [5.41, 5.74) is 7.00. The summed E-state index contributed by atoms with van der Waals surface area (Å²) in [4.78, 5) is 24.0. The van der Waals surface area contributed by atoms with Gasteiger partial charge in [0.2, 0.25) is 0 Å². The van der Waals surface area contributed by atoms with E-state index in [1.54, 1.807) is 0 Å². The Labute approximate surface area is 206 Å². The number of hydrogen-bond acceptors (Lipinski definition) is 4. The van der Waals surface area contributed by atoms with Gasteiger partial charge >= 0.3 is 0 Å². The Morgan fingerprint density at radius 2 is 1.41 bits per heavy atom. The van der Waals surface area contributed by atoms with Crippen molar-refractivity contribution in [3.05, 3.63) is 56.5 Å². The molecule has 0 aliphatic heterocycles. The topological polar surface area (TPSA) is 76.7 Å². The van der Waals surface area contributed by atoms with Gasteiger partial charge < -0.3 is 9.47 Å². The fourth-order valence-corrected chi connectivity index (χ4v) is 3.76. The van der Waals surface area contributed by atoms with Gasteiger partial charge in [-0.1, -0.05) is 46.8 Å². The van der Waals surface area contributed by atoms with Crippen molar-refractivity contribution < 1.29 is 19.1 Å². The molecule has 0 bridgehead atoms. The van der Waals surface area contributed by atoms with Crippen LogP contribution in [0.5, 0.6) is 11.5 Å². The third-order valence-electron chi connectivity index (χ3n) is 4.99. The zero-order chi connectivity index (χ0) is 23.9. The molecule has 2 amide bonds. The number of benzene rings is 2. The molecule has 2 aromatic carbocycles. The van der Waals surface area contributed by atoms with Crippen LogP contribution >= 0.6 is 31.9 Å². The van der Waals surface area contributed by atoms with Crippen LogP contribution in [0.4, 0.5) is 0 Å². The molecule has 0 saturated carbocycles. The van der Waals surface area contributed by atoms with E-state index >= 15 is 0 Å². The number of rotatable bonds is 8. The first-order chi connectivity index (χ1) is 15.0. The number of hydrogen-bond donors (Lipinski definition) is 2. The molecule has 1 atom stereocenters. The minimum Gasteiger partial charge on any atom is -0.483 e. The molecule has 2 rings (SSSR count). The van der Waals surface area contributed by atoms with Gasteiger partial charge in [-0.05, 0) is 85.0 Å². The molecule has 2 aromatic rings. The van der Waals surface area contributed by atoms with Gasteiger partial charge in [0.15, 0.2) is 13.2 Å². The van der Waals surface area contributed by atoms with Gasteiger partial charge in [-0.25, -0.2) is 0 Å². The first-order valence-corrected chi connectivity index (χ1v) is 12.0. The molecule has 0 saturated heterocycles. The summed E-state index contributed by atoms with van der Waals surface area (Å²) >= 11 is 6.94. The maximum Gasteiger partial charge on any atom is 0.276 e. The van der Waals surface area contributed by atoms with Crippen LogP contribution in [0.3, 0.4) is 0 Å². The number of carbonyl (C=O) groups excluding carboxylic acids is 2. The molecule has 0 spiro atoms. The molecule has 1 unspecified atom stereocenters. The van der Waals surface area contributed by atoms with E-state index in [1.807, 2.05) is 36.4 Å². The van der Waals surface area contributed by atoms with Crippen LogP contribution in [0.25, 0.3) is 0 Å². The summed E-state index contributed by atoms with van der Waals surface area (Å²) < 4.78 is 12.6. The number of ether oxygens (including phenoxy) is 2. The summed E-state index contributed by atoms with van der Waals surface area (Å²) in [5, 5.41) is 0. The van der Waals surface area contributed by atoms with Crippen LogP contribution in [-0.2, 0) is 15.0 Å². The molecule has 0 fully saturated rings. The monoisotopic (exact) mass is 568 g/mol. The number of halogens is 2. The highest BCUT2D eigenvalue weighted by Crippen LogP contribution is 2.32. The Morgan fingerprint density at radius 1 is 0.906 bits per heavy atom. The molecule has 0 aliphatic rings. The zero-order valence-corrected chi connectivity index (χ0v) is 22.2. The first-order valence-electron chi connectivity index (χ1n) is 10.4. The normalized spacial score (nSPS) is 12.1. The molecule has 32 heavy (non-hydrogen) atoms. The summed E-state index contributed by atoms with van der Waals surface area (Å²) in [6.45, 7) is 10.2. The quantitative estimate of drug-likeness (QED) is 0.404. The second kappa shape index (κ2) is 11.7. The van der Waals surface area contributed by atoms with Crippen molar-refractivity contribution in [2.75, 3.05) is 13.2 Å². The van der Waals surface area contributed by atoms with Crippen LogP contribution in [0, 0.1) is 0 Å². The van der Waals surface area contributed by atoms with Gasteiger partial charge in [-0.2, -0.15) is 0 Å². The number of amides is 2. The van der Waals surface area contributed by atoms with Crippen LogP contribution in [0.2, 0.25) is 0 Å². The number of nitrogens with one attached hydrogen (secondary N) is 2. The van der Waals surface area contributed by atoms with E-state index in [2.05, 4.69) is 77.3 Å². The molecule has 0 aromatic heterocycles. The van der Waals surface area contributed by atoms with Crippen LogP contribution in [-0.4, -0.2) is 25.0 Å². The highest BCUT2D eigenvalue weighted by Gasteiger charge is 2.16. The predicted octanol–water partition coefficient (Wildman–Crippen LogP) is 5.63. The van der Waals surface area contributed by atoms with Crippen molar-refractivity contribution in [2.24, 2.45) is 0 Å². The minimum atomic E-state index is -0.482. The molecule has 2 N–H and O–H groups in total. The van der Waals surface area contributed by atoms with Gasteiger partial charge in [0.25, 0.3) is 11.8 Å². The molecule has 8 heteroatoms. The lowest BCUT2D eigenvalue weighted by Gasteiger charge is -2.20. The van der Waals surface area contributed by atoms with E-state index in [-0.39, 0.29) is 18.6 Å². The van der Waals surface area contributed by atoms with E-state index in [0.29, 0.717) is 17.4 Å². The number of carbonyl (C=O) groups is 2. The maximum absolute atomic E-state index is 12.0. The lowest BCUT2D eigenvalue weighted by atomic mass is 9.87.